The molecule has 4 rings (SSSR count). The van der Waals surface area contributed by atoms with E-state index >= 15 is 0 Å². The van der Waals surface area contributed by atoms with Crippen molar-refractivity contribution in [3.8, 4) is 11.4 Å². The van der Waals surface area contributed by atoms with Gasteiger partial charge in [-0.3, -0.25) is 4.79 Å². The lowest BCUT2D eigenvalue weighted by Gasteiger charge is -2.18. The zero-order chi connectivity index (χ0) is 17.6. The van der Waals surface area contributed by atoms with Crippen LogP contribution in [-0.2, 0) is 11.3 Å². The van der Waals surface area contributed by atoms with Crippen molar-refractivity contribution in [1.82, 2.24) is 14.5 Å². The Balaban J connectivity index is 1.54. The van der Waals surface area contributed by atoms with E-state index in [0.717, 1.165) is 60.5 Å². The van der Waals surface area contributed by atoms with Crippen molar-refractivity contribution < 1.29 is 4.79 Å². The number of carbonyl (C=O) groups is 1. The zero-order valence-electron chi connectivity index (χ0n) is 14.8. The lowest BCUT2D eigenvalue weighted by molar-refractivity contribution is -0.131. The predicted molar refractivity (Wildman–Crippen MR) is 102 cm³/mol. The lowest BCUT2D eigenvalue weighted by Crippen LogP contribution is -2.30. The Kier molecular flexibility index (Phi) is 4.44. The number of hydrogen-bond acceptors (Lipinski definition) is 2. The predicted octanol–water partition coefficient (Wildman–Crippen LogP) is 4.19. The number of carbonyl (C=O) groups excluding carboxylic acids is 1. The Labute approximate surface area is 157 Å². The summed E-state index contributed by atoms with van der Waals surface area (Å²) in [5.74, 6) is 2.27. The van der Waals surface area contributed by atoms with Crippen LogP contribution < -0.4 is 0 Å². The van der Waals surface area contributed by atoms with Crippen molar-refractivity contribution in [2.24, 2.45) is 11.8 Å². The van der Waals surface area contributed by atoms with Gasteiger partial charge in [-0.1, -0.05) is 28.1 Å². The normalized spacial score (nSPS) is 20.3. The van der Waals surface area contributed by atoms with E-state index < -0.39 is 0 Å². The first-order valence-electron chi connectivity index (χ1n) is 9.11. The van der Waals surface area contributed by atoms with Gasteiger partial charge in [0.2, 0.25) is 5.91 Å². The summed E-state index contributed by atoms with van der Waals surface area (Å²) >= 11 is 3.50. The maximum Gasteiger partial charge on any atom is 0.225 e. The molecule has 0 radical (unpaired) electrons. The van der Waals surface area contributed by atoms with Gasteiger partial charge in [0.05, 0.1) is 5.69 Å². The van der Waals surface area contributed by atoms with Crippen LogP contribution >= 0.6 is 15.9 Å². The second-order valence-corrected chi connectivity index (χ2v) is 8.35. The summed E-state index contributed by atoms with van der Waals surface area (Å²) in [6.45, 7) is 6.97. The van der Waals surface area contributed by atoms with E-state index in [1.54, 1.807) is 0 Å². The highest BCUT2D eigenvalue weighted by Crippen LogP contribution is 2.33. The summed E-state index contributed by atoms with van der Waals surface area (Å²) < 4.78 is 3.42. The highest BCUT2D eigenvalue weighted by molar-refractivity contribution is 9.10. The van der Waals surface area contributed by atoms with E-state index in [-0.39, 0.29) is 0 Å². The molecule has 1 atom stereocenters. The van der Waals surface area contributed by atoms with Crippen molar-refractivity contribution in [3.63, 3.8) is 0 Å². The second-order valence-electron chi connectivity index (χ2n) is 7.44. The average Bonchev–Trinajstić information content (AvgIpc) is 3.29. The molecular formula is C20H24BrN3O. The maximum atomic E-state index is 12.3. The number of rotatable bonds is 4. The fourth-order valence-corrected chi connectivity index (χ4v) is 3.99. The zero-order valence-corrected chi connectivity index (χ0v) is 16.4. The van der Waals surface area contributed by atoms with Crippen molar-refractivity contribution >= 4 is 21.8 Å². The monoisotopic (exact) mass is 401 g/mol. The molecule has 1 amide bonds. The Morgan fingerprint density at radius 2 is 1.92 bits per heavy atom. The van der Waals surface area contributed by atoms with Crippen LogP contribution in [0.2, 0.25) is 0 Å². The third-order valence-corrected chi connectivity index (χ3v) is 6.05. The summed E-state index contributed by atoms with van der Waals surface area (Å²) in [4.78, 5) is 19.2. The Hall–Kier alpha value is -1.62. The van der Waals surface area contributed by atoms with Gasteiger partial charge >= 0.3 is 0 Å². The van der Waals surface area contributed by atoms with Crippen LogP contribution in [0.15, 0.2) is 28.7 Å². The van der Waals surface area contributed by atoms with E-state index in [9.17, 15) is 4.79 Å². The van der Waals surface area contributed by atoms with Crippen LogP contribution in [0.5, 0.6) is 0 Å². The first-order chi connectivity index (χ1) is 12.0. The molecule has 2 aromatic rings. The topological polar surface area (TPSA) is 38.1 Å². The smallest absolute Gasteiger partial charge is 0.225 e. The molecule has 0 bridgehead atoms. The minimum absolute atomic E-state index is 0.328. The highest BCUT2D eigenvalue weighted by atomic mass is 79.9. The minimum atomic E-state index is 0.328. The number of hydrogen-bond donors (Lipinski definition) is 0. The van der Waals surface area contributed by atoms with Gasteiger partial charge in [0.15, 0.2) is 0 Å². The van der Waals surface area contributed by atoms with E-state index in [2.05, 4.69) is 63.5 Å². The number of imidazole rings is 1. The maximum absolute atomic E-state index is 12.3. The van der Waals surface area contributed by atoms with Crippen LogP contribution in [0.1, 0.15) is 30.7 Å². The molecular weight excluding hydrogens is 378 g/mol. The Morgan fingerprint density at radius 3 is 2.60 bits per heavy atom. The molecule has 132 valence electrons. The van der Waals surface area contributed by atoms with Gasteiger partial charge in [-0.05, 0) is 51.2 Å². The quantitative estimate of drug-likeness (QED) is 0.769. The molecule has 2 aliphatic rings. The van der Waals surface area contributed by atoms with Gasteiger partial charge in [0, 0.05) is 41.3 Å². The van der Waals surface area contributed by atoms with Gasteiger partial charge in [0.25, 0.3) is 0 Å². The Morgan fingerprint density at radius 1 is 1.20 bits per heavy atom. The molecule has 1 saturated carbocycles. The SMILES string of the molecule is Cc1nc(-c2ccc(Br)cc2)n(CC2CCN(C(=O)C3CC3)C2)c1C. The molecule has 1 aliphatic heterocycles. The first-order valence-corrected chi connectivity index (χ1v) is 9.90. The van der Waals surface area contributed by atoms with Crippen molar-refractivity contribution in [3.05, 3.63) is 40.1 Å². The van der Waals surface area contributed by atoms with Gasteiger partial charge in [-0.15, -0.1) is 0 Å². The van der Waals surface area contributed by atoms with Crippen LogP contribution in [0.3, 0.4) is 0 Å². The summed E-state index contributed by atoms with van der Waals surface area (Å²) in [6, 6.07) is 8.34. The molecule has 1 saturated heterocycles. The fourth-order valence-electron chi connectivity index (χ4n) is 3.73. The van der Waals surface area contributed by atoms with Gasteiger partial charge in [-0.2, -0.15) is 0 Å². The van der Waals surface area contributed by atoms with E-state index in [0.29, 0.717) is 17.7 Å². The molecule has 2 fully saturated rings. The molecule has 5 heteroatoms. The number of benzene rings is 1. The van der Waals surface area contributed by atoms with E-state index in [1.165, 1.54) is 5.69 Å². The largest absolute Gasteiger partial charge is 0.342 e. The van der Waals surface area contributed by atoms with Crippen molar-refractivity contribution in [2.75, 3.05) is 13.1 Å². The molecule has 0 N–H and O–H groups in total. The van der Waals surface area contributed by atoms with E-state index in [1.807, 2.05) is 0 Å². The third-order valence-electron chi connectivity index (χ3n) is 5.53. The summed E-state index contributed by atoms with van der Waals surface area (Å²) in [6.07, 6.45) is 3.27. The highest BCUT2D eigenvalue weighted by Gasteiger charge is 2.36. The molecule has 1 aromatic heterocycles. The number of amides is 1. The van der Waals surface area contributed by atoms with Crippen LogP contribution in [0.4, 0.5) is 0 Å². The number of aromatic nitrogens is 2. The van der Waals surface area contributed by atoms with Crippen molar-refractivity contribution in [2.45, 2.75) is 39.7 Å². The molecule has 4 nitrogen and oxygen atoms in total. The molecule has 1 aliphatic carbocycles. The molecule has 25 heavy (non-hydrogen) atoms. The van der Waals surface area contributed by atoms with Crippen LogP contribution in [0.25, 0.3) is 11.4 Å². The van der Waals surface area contributed by atoms with Gasteiger partial charge < -0.3 is 9.47 Å². The standard InChI is InChI=1S/C20H24BrN3O/c1-13-14(2)24(19(22-13)16-5-7-18(21)8-6-16)12-15-9-10-23(11-15)20(25)17-3-4-17/h5-8,15,17H,3-4,9-12H2,1-2H3. The number of aryl methyl sites for hydroxylation is 1. The average molecular weight is 402 g/mol. The number of likely N-dealkylation sites (tertiary alicyclic amines) is 1. The number of halogens is 1. The third kappa shape index (κ3) is 3.39. The van der Waals surface area contributed by atoms with Crippen molar-refractivity contribution in [1.29, 1.82) is 0 Å². The fraction of sp³-hybridized carbons (Fsp3) is 0.500. The minimum Gasteiger partial charge on any atom is -0.342 e. The van der Waals surface area contributed by atoms with Gasteiger partial charge in [-0.25, -0.2) is 4.98 Å². The lowest BCUT2D eigenvalue weighted by atomic mass is 10.1. The van der Waals surface area contributed by atoms with Crippen LogP contribution in [-0.4, -0.2) is 33.4 Å². The summed E-state index contributed by atoms with van der Waals surface area (Å²) in [5, 5.41) is 0. The first kappa shape index (κ1) is 16.8. The molecule has 1 aromatic carbocycles. The number of nitrogens with zero attached hydrogens (tertiary/aromatic N) is 3. The second kappa shape index (κ2) is 6.60. The Bertz CT molecular complexity index is 792. The van der Waals surface area contributed by atoms with Gasteiger partial charge in [0.1, 0.15) is 5.82 Å². The van der Waals surface area contributed by atoms with Crippen LogP contribution in [0, 0.1) is 25.7 Å². The summed E-state index contributed by atoms with van der Waals surface area (Å²) in [5.41, 5.74) is 3.45. The molecule has 2 heterocycles. The van der Waals surface area contributed by atoms with E-state index in [4.69, 9.17) is 4.98 Å². The molecule has 1 unspecified atom stereocenters. The summed E-state index contributed by atoms with van der Waals surface area (Å²) in [7, 11) is 0. The molecule has 0 spiro atoms.